The maximum atomic E-state index is 12.9. The van der Waals surface area contributed by atoms with Gasteiger partial charge in [-0.15, -0.1) is 0 Å². The monoisotopic (exact) mass is 447 g/mol. The van der Waals surface area contributed by atoms with Crippen molar-refractivity contribution in [3.63, 3.8) is 0 Å². The predicted molar refractivity (Wildman–Crippen MR) is 118 cm³/mol. The van der Waals surface area contributed by atoms with Gasteiger partial charge in [0.25, 0.3) is 11.7 Å². The molecule has 1 aliphatic heterocycles. The minimum Gasteiger partial charge on any atom is -0.507 e. The third-order valence-corrected chi connectivity index (χ3v) is 5.92. The minimum atomic E-state index is -0.722. The van der Waals surface area contributed by atoms with E-state index in [0.29, 0.717) is 30.2 Å². The lowest BCUT2D eigenvalue weighted by Crippen LogP contribution is -2.31. The smallest absolute Gasteiger partial charge is 0.295 e. The van der Waals surface area contributed by atoms with Gasteiger partial charge in [-0.3, -0.25) is 9.59 Å². The fourth-order valence-corrected chi connectivity index (χ4v) is 3.87. The van der Waals surface area contributed by atoms with Gasteiger partial charge in [0.05, 0.1) is 21.7 Å². The zero-order chi connectivity index (χ0) is 21.8. The fraction of sp³-hybridized carbons (Fsp3) is 0.304. The molecule has 158 valence electrons. The van der Waals surface area contributed by atoms with Crippen molar-refractivity contribution in [3.05, 3.63) is 74.8 Å². The molecule has 1 amide bonds. The van der Waals surface area contributed by atoms with Gasteiger partial charge in [-0.25, -0.2) is 0 Å². The van der Waals surface area contributed by atoms with Crippen LogP contribution in [0.1, 0.15) is 36.1 Å². The Morgan fingerprint density at radius 2 is 1.80 bits per heavy atom. The normalized spacial score (nSPS) is 18.3. The number of nitrogens with zero attached hydrogens (tertiary/aromatic N) is 1. The number of ether oxygens (including phenoxy) is 1. The number of aliphatic hydroxyl groups excluding tert-OH is 1. The van der Waals surface area contributed by atoms with Crippen LogP contribution in [0.4, 0.5) is 0 Å². The van der Waals surface area contributed by atoms with E-state index in [2.05, 4.69) is 6.92 Å². The third kappa shape index (κ3) is 4.38. The quantitative estimate of drug-likeness (QED) is 0.280. The molecule has 1 aliphatic rings. The fourth-order valence-electron chi connectivity index (χ4n) is 3.57. The van der Waals surface area contributed by atoms with Crippen molar-refractivity contribution < 1.29 is 19.4 Å². The second-order valence-electron chi connectivity index (χ2n) is 7.06. The Labute approximate surface area is 185 Å². The summed E-state index contributed by atoms with van der Waals surface area (Å²) in [7, 11) is 1.58. The van der Waals surface area contributed by atoms with Gasteiger partial charge < -0.3 is 14.7 Å². The summed E-state index contributed by atoms with van der Waals surface area (Å²) in [5, 5.41) is 11.6. The van der Waals surface area contributed by atoms with E-state index < -0.39 is 17.7 Å². The molecular weight excluding hydrogens is 425 g/mol. The number of carbonyl (C=O) groups is 2. The summed E-state index contributed by atoms with van der Waals surface area (Å²) >= 11 is 12.1. The zero-order valence-corrected chi connectivity index (χ0v) is 18.3. The number of hydrogen-bond acceptors (Lipinski definition) is 4. The van der Waals surface area contributed by atoms with E-state index >= 15 is 0 Å². The maximum Gasteiger partial charge on any atom is 0.295 e. The summed E-state index contributed by atoms with van der Waals surface area (Å²) in [6, 6.07) is 11.6. The Morgan fingerprint density at radius 3 is 2.40 bits per heavy atom. The Hall–Kier alpha value is -2.34. The number of aryl methyl sites for hydroxylation is 1. The molecule has 0 saturated carbocycles. The highest BCUT2D eigenvalue weighted by molar-refractivity contribution is 6.46. The number of hydrogen-bond donors (Lipinski definition) is 1. The van der Waals surface area contributed by atoms with Crippen LogP contribution in [0, 0.1) is 0 Å². The summed E-state index contributed by atoms with van der Waals surface area (Å²) in [4.78, 5) is 27.2. The highest BCUT2D eigenvalue weighted by Gasteiger charge is 2.45. The summed E-state index contributed by atoms with van der Waals surface area (Å²) in [5.74, 6) is -1.64. The number of Topliss-reactive ketones (excluding diaryl/α,β-unsaturated/α-hetero) is 1. The van der Waals surface area contributed by atoms with Crippen molar-refractivity contribution in [1.82, 2.24) is 4.90 Å². The highest BCUT2D eigenvalue weighted by atomic mass is 35.5. The van der Waals surface area contributed by atoms with Gasteiger partial charge in [0.1, 0.15) is 5.76 Å². The number of aliphatic hydroxyl groups is 1. The molecule has 2 aromatic carbocycles. The molecule has 1 heterocycles. The van der Waals surface area contributed by atoms with E-state index in [0.717, 1.165) is 17.5 Å². The topological polar surface area (TPSA) is 66.8 Å². The maximum absolute atomic E-state index is 12.9. The van der Waals surface area contributed by atoms with Gasteiger partial charge in [-0.2, -0.15) is 0 Å². The molecule has 3 rings (SSSR count). The summed E-state index contributed by atoms with van der Waals surface area (Å²) in [6.45, 7) is 2.84. The molecule has 1 fully saturated rings. The van der Waals surface area contributed by atoms with Crippen LogP contribution in [0.3, 0.4) is 0 Å². The van der Waals surface area contributed by atoms with Crippen molar-refractivity contribution in [1.29, 1.82) is 0 Å². The number of ketones is 1. The molecule has 1 N–H and O–H groups in total. The van der Waals surface area contributed by atoms with Gasteiger partial charge >= 0.3 is 0 Å². The van der Waals surface area contributed by atoms with Gasteiger partial charge in [-0.05, 0) is 42.2 Å². The predicted octanol–water partition coefficient (Wildman–Crippen LogP) is 5.01. The Balaban J connectivity index is 2.12. The first-order chi connectivity index (χ1) is 14.4. The molecule has 0 radical (unpaired) electrons. The van der Waals surface area contributed by atoms with Crippen molar-refractivity contribution in [2.45, 2.75) is 25.8 Å². The minimum absolute atomic E-state index is 0.0417. The first kappa shape index (κ1) is 22.3. The lowest BCUT2D eigenvalue weighted by molar-refractivity contribution is -0.140. The van der Waals surface area contributed by atoms with E-state index in [1.54, 1.807) is 19.2 Å². The standard InChI is InChI=1S/C23H23Cl2NO4/c1-3-14-5-7-15(8-6-14)20-19(21(27)16-9-10-17(24)18(25)13-16)22(28)23(29)26(20)11-4-12-30-2/h5-10,13,20,27H,3-4,11-12H2,1-2H3/b21-19-. The zero-order valence-electron chi connectivity index (χ0n) is 16.8. The molecular formula is C23H23Cl2NO4. The van der Waals surface area contributed by atoms with Crippen LogP contribution in [0.25, 0.3) is 5.76 Å². The first-order valence-electron chi connectivity index (χ1n) is 9.70. The number of amides is 1. The van der Waals surface area contributed by atoms with Gasteiger partial charge in [0, 0.05) is 25.8 Å². The average Bonchev–Trinajstić information content (AvgIpc) is 3.00. The van der Waals surface area contributed by atoms with Crippen LogP contribution in [0.2, 0.25) is 10.0 Å². The van der Waals surface area contributed by atoms with Crippen LogP contribution in [-0.2, 0) is 20.7 Å². The van der Waals surface area contributed by atoms with Crippen molar-refractivity contribution >= 4 is 40.7 Å². The van der Waals surface area contributed by atoms with E-state index in [9.17, 15) is 14.7 Å². The molecule has 5 nitrogen and oxygen atoms in total. The van der Waals surface area contributed by atoms with Gasteiger partial charge in [0.2, 0.25) is 0 Å². The molecule has 2 aromatic rings. The average molecular weight is 448 g/mol. The summed E-state index contributed by atoms with van der Waals surface area (Å²) in [6.07, 6.45) is 1.44. The van der Waals surface area contributed by atoms with Gasteiger partial charge in [0.15, 0.2) is 0 Å². The number of methoxy groups -OCH3 is 1. The summed E-state index contributed by atoms with van der Waals surface area (Å²) < 4.78 is 5.09. The van der Waals surface area contributed by atoms with Crippen LogP contribution in [0.15, 0.2) is 48.0 Å². The Morgan fingerprint density at radius 1 is 1.10 bits per heavy atom. The largest absolute Gasteiger partial charge is 0.507 e. The van der Waals surface area contributed by atoms with Crippen LogP contribution >= 0.6 is 23.2 Å². The molecule has 30 heavy (non-hydrogen) atoms. The number of rotatable bonds is 7. The summed E-state index contributed by atoms with van der Waals surface area (Å²) in [5.41, 5.74) is 2.26. The number of benzene rings is 2. The molecule has 1 saturated heterocycles. The van der Waals surface area contributed by atoms with Crippen molar-refractivity contribution in [2.75, 3.05) is 20.3 Å². The van der Waals surface area contributed by atoms with E-state index in [4.69, 9.17) is 27.9 Å². The SMILES string of the molecule is CCc1ccc(C2/C(=C(/O)c3ccc(Cl)c(Cl)c3)C(=O)C(=O)N2CCCOC)cc1. The van der Waals surface area contributed by atoms with Crippen molar-refractivity contribution in [2.24, 2.45) is 0 Å². The molecule has 0 aromatic heterocycles. The van der Waals surface area contributed by atoms with E-state index in [1.807, 2.05) is 24.3 Å². The second kappa shape index (κ2) is 9.65. The van der Waals surface area contributed by atoms with E-state index in [-0.39, 0.29) is 16.4 Å². The molecule has 1 unspecified atom stereocenters. The molecule has 0 bridgehead atoms. The lowest BCUT2D eigenvalue weighted by Gasteiger charge is -2.25. The first-order valence-corrected chi connectivity index (χ1v) is 10.5. The third-order valence-electron chi connectivity index (χ3n) is 5.18. The molecule has 1 atom stereocenters. The molecule has 0 spiro atoms. The van der Waals surface area contributed by atoms with Crippen LogP contribution < -0.4 is 0 Å². The van der Waals surface area contributed by atoms with Crippen LogP contribution in [-0.4, -0.2) is 42.0 Å². The van der Waals surface area contributed by atoms with Gasteiger partial charge in [-0.1, -0.05) is 54.4 Å². The second-order valence-corrected chi connectivity index (χ2v) is 7.88. The number of carbonyl (C=O) groups excluding carboxylic acids is 2. The molecule has 0 aliphatic carbocycles. The van der Waals surface area contributed by atoms with Crippen LogP contribution in [0.5, 0.6) is 0 Å². The Kier molecular flexibility index (Phi) is 7.19. The lowest BCUT2D eigenvalue weighted by atomic mass is 9.94. The van der Waals surface area contributed by atoms with E-state index in [1.165, 1.54) is 11.0 Å². The molecule has 7 heteroatoms. The number of halogens is 2. The number of likely N-dealkylation sites (tertiary alicyclic amines) is 1. The Bertz CT molecular complexity index is 985. The van der Waals surface area contributed by atoms with Crippen molar-refractivity contribution in [3.8, 4) is 0 Å². The highest BCUT2D eigenvalue weighted by Crippen LogP contribution is 2.40.